The van der Waals surface area contributed by atoms with E-state index in [0.717, 1.165) is 4.88 Å². The molecule has 13 heavy (non-hydrogen) atoms. The van der Waals surface area contributed by atoms with Crippen LogP contribution in [0, 0.1) is 0 Å². The van der Waals surface area contributed by atoms with Gasteiger partial charge in [-0.2, -0.15) is 4.31 Å². The van der Waals surface area contributed by atoms with Crippen LogP contribution in [0.4, 0.5) is 0 Å². The minimum atomic E-state index is -3.25. The molecular weight excluding hydrogens is 208 g/mol. The molecule has 1 atom stereocenters. The van der Waals surface area contributed by atoms with Gasteiger partial charge in [0.05, 0.1) is 10.9 Å². The van der Waals surface area contributed by atoms with Crippen molar-refractivity contribution in [2.45, 2.75) is 10.9 Å². The number of fused-ring (bicyclic) bond motifs is 1. The van der Waals surface area contributed by atoms with Gasteiger partial charge in [-0.25, -0.2) is 8.42 Å². The highest BCUT2D eigenvalue weighted by Gasteiger charge is 2.33. The van der Waals surface area contributed by atoms with Crippen LogP contribution in [0.2, 0.25) is 0 Å². The van der Waals surface area contributed by atoms with Crippen LogP contribution in [0.5, 0.6) is 0 Å². The molecule has 0 spiro atoms. The zero-order valence-electron chi connectivity index (χ0n) is 7.10. The molecule has 72 valence electrons. The van der Waals surface area contributed by atoms with Crippen molar-refractivity contribution >= 4 is 21.4 Å². The zero-order chi connectivity index (χ0) is 9.64. The van der Waals surface area contributed by atoms with Crippen LogP contribution >= 0.6 is 11.3 Å². The van der Waals surface area contributed by atoms with E-state index in [1.807, 2.05) is 0 Å². The molecule has 1 unspecified atom stereocenters. The summed E-state index contributed by atoms with van der Waals surface area (Å²) in [5.41, 5.74) is 5.81. The summed E-state index contributed by atoms with van der Waals surface area (Å²) < 4.78 is 24.7. The smallest absolute Gasteiger partial charge is 0.244 e. The number of sulfonamides is 1. The second-order valence-corrected chi connectivity index (χ2v) is 6.00. The minimum absolute atomic E-state index is 0.177. The summed E-state index contributed by atoms with van der Waals surface area (Å²) in [4.78, 5) is 1.15. The molecule has 0 radical (unpaired) electrons. The Balaban J connectivity index is 2.66. The van der Waals surface area contributed by atoms with Crippen molar-refractivity contribution in [2.75, 3.05) is 13.6 Å². The fourth-order valence-electron chi connectivity index (χ4n) is 1.42. The molecule has 6 heteroatoms. The van der Waals surface area contributed by atoms with Gasteiger partial charge in [0.15, 0.2) is 0 Å². The molecule has 1 aromatic heterocycles. The van der Waals surface area contributed by atoms with Crippen molar-refractivity contribution in [3.05, 3.63) is 16.3 Å². The summed E-state index contributed by atoms with van der Waals surface area (Å²) in [6.07, 6.45) is 0. The van der Waals surface area contributed by atoms with Gasteiger partial charge < -0.3 is 5.73 Å². The third kappa shape index (κ3) is 1.21. The van der Waals surface area contributed by atoms with Crippen LogP contribution in [0.25, 0.3) is 0 Å². The third-order valence-electron chi connectivity index (χ3n) is 2.14. The topological polar surface area (TPSA) is 63.4 Å². The van der Waals surface area contributed by atoms with Gasteiger partial charge in [-0.1, -0.05) is 0 Å². The maximum atomic E-state index is 11.7. The van der Waals surface area contributed by atoms with E-state index in [2.05, 4.69) is 0 Å². The number of nitrogens with two attached hydrogens (primary N) is 1. The maximum absolute atomic E-state index is 11.7. The Bertz CT molecular complexity index is 423. The molecule has 0 bridgehead atoms. The first kappa shape index (κ1) is 9.14. The number of rotatable bonds is 0. The molecule has 0 amide bonds. The summed E-state index contributed by atoms with van der Waals surface area (Å²) >= 11 is 1.41. The van der Waals surface area contributed by atoms with E-state index in [4.69, 9.17) is 5.73 Å². The van der Waals surface area contributed by atoms with E-state index in [1.54, 1.807) is 18.5 Å². The normalized spacial score (nSPS) is 27.1. The highest BCUT2D eigenvalue weighted by Crippen LogP contribution is 2.33. The number of hydrogen-bond donors (Lipinski definition) is 1. The molecule has 2 N–H and O–H groups in total. The quantitative estimate of drug-likeness (QED) is 0.685. The summed E-state index contributed by atoms with van der Waals surface area (Å²) in [5.74, 6) is 0. The largest absolute Gasteiger partial charge is 0.322 e. The number of thiophene rings is 1. The van der Waals surface area contributed by atoms with E-state index in [1.165, 1.54) is 15.6 Å². The molecular formula is C7H10N2O2S2. The summed E-state index contributed by atoms with van der Waals surface area (Å²) in [6, 6.07) is 1.44. The predicted molar refractivity (Wildman–Crippen MR) is 51.1 cm³/mol. The van der Waals surface area contributed by atoms with Crippen molar-refractivity contribution in [1.29, 1.82) is 0 Å². The van der Waals surface area contributed by atoms with Crippen molar-refractivity contribution in [3.63, 3.8) is 0 Å². The van der Waals surface area contributed by atoms with Crippen molar-refractivity contribution < 1.29 is 8.42 Å². The Morgan fingerprint density at radius 2 is 2.38 bits per heavy atom. The molecule has 1 aliphatic rings. The van der Waals surface area contributed by atoms with Gasteiger partial charge in [0.2, 0.25) is 10.0 Å². The molecule has 4 nitrogen and oxygen atoms in total. The Labute approximate surface area is 81.0 Å². The average molecular weight is 218 g/mol. The second kappa shape index (κ2) is 2.78. The molecule has 2 rings (SSSR count). The fourth-order valence-corrected chi connectivity index (χ4v) is 4.09. The third-order valence-corrected chi connectivity index (χ3v) is 5.20. The van der Waals surface area contributed by atoms with Crippen LogP contribution in [-0.2, 0) is 10.0 Å². The van der Waals surface area contributed by atoms with E-state index >= 15 is 0 Å². The second-order valence-electron chi connectivity index (χ2n) is 3.04. The highest BCUT2D eigenvalue weighted by molar-refractivity contribution is 7.89. The summed E-state index contributed by atoms with van der Waals surface area (Å²) in [6.45, 7) is 0.371. The van der Waals surface area contributed by atoms with Gasteiger partial charge in [-0.3, -0.25) is 0 Å². The minimum Gasteiger partial charge on any atom is -0.322 e. The van der Waals surface area contributed by atoms with E-state index in [9.17, 15) is 8.42 Å². The van der Waals surface area contributed by atoms with Crippen LogP contribution in [0.3, 0.4) is 0 Å². The number of likely N-dealkylation sites (N-methyl/N-ethyl adjacent to an activating group) is 1. The Morgan fingerprint density at radius 1 is 1.69 bits per heavy atom. The maximum Gasteiger partial charge on any atom is 0.244 e. The van der Waals surface area contributed by atoms with E-state index in [0.29, 0.717) is 11.4 Å². The van der Waals surface area contributed by atoms with Crippen molar-refractivity contribution in [2.24, 2.45) is 5.73 Å². The summed E-state index contributed by atoms with van der Waals surface area (Å²) in [7, 11) is -1.70. The van der Waals surface area contributed by atoms with Crippen LogP contribution in [0.15, 0.2) is 16.3 Å². The molecule has 1 aliphatic heterocycles. The lowest BCUT2D eigenvalue weighted by atomic mass is 10.2. The molecule has 1 aromatic rings. The van der Waals surface area contributed by atoms with Gasteiger partial charge in [0.1, 0.15) is 0 Å². The zero-order valence-corrected chi connectivity index (χ0v) is 8.73. The molecule has 0 saturated carbocycles. The highest BCUT2D eigenvalue weighted by atomic mass is 32.2. The van der Waals surface area contributed by atoms with E-state index < -0.39 is 10.0 Å². The number of hydrogen-bond acceptors (Lipinski definition) is 4. The van der Waals surface area contributed by atoms with Gasteiger partial charge >= 0.3 is 0 Å². The first-order valence-electron chi connectivity index (χ1n) is 3.83. The molecule has 0 aliphatic carbocycles. The van der Waals surface area contributed by atoms with Gasteiger partial charge in [0.25, 0.3) is 0 Å². The lowest BCUT2D eigenvalue weighted by Gasteiger charge is -2.26. The predicted octanol–water partition coefficient (Wildman–Crippen LogP) is 0.382. The molecule has 2 heterocycles. The average Bonchev–Trinajstić information content (AvgIpc) is 2.49. The fraction of sp³-hybridized carbons (Fsp3) is 0.429. The number of nitrogens with zero attached hydrogens (tertiary/aromatic N) is 1. The SMILES string of the molecule is CN1CC(N)c2sccc2S1(=O)=O. The summed E-state index contributed by atoms with van der Waals surface area (Å²) in [5, 5.41) is 1.77. The van der Waals surface area contributed by atoms with Crippen LogP contribution in [0.1, 0.15) is 10.9 Å². The van der Waals surface area contributed by atoms with Crippen LogP contribution in [-0.4, -0.2) is 26.3 Å². The monoisotopic (exact) mass is 218 g/mol. The Hall–Kier alpha value is -0.430. The van der Waals surface area contributed by atoms with E-state index in [-0.39, 0.29) is 6.04 Å². The Kier molecular flexibility index (Phi) is 1.95. The van der Waals surface area contributed by atoms with Gasteiger partial charge in [-0.15, -0.1) is 11.3 Å². The Morgan fingerprint density at radius 3 is 3.08 bits per heavy atom. The van der Waals surface area contributed by atoms with Crippen LogP contribution < -0.4 is 5.73 Å². The first-order chi connectivity index (χ1) is 6.03. The standard InChI is InChI=1S/C7H10N2O2S2/c1-9-4-5(8)7-6(2-3-12-7)13(9,10)11/h2-3,5H,4,8H2,1H3. The van der Waals surface area contributed by atoms with Gasteiger partial charge in [0, 0.05) is 18.5 Å². The first-order valence-corrected chi connectivity index (χ1v) is 6.15. The molecule has 0 saturated heterocycles. The lowest BCUT2D eigenvalue weighted by molar-refractivity contribution is 0.424. The lowest BCUT2D eigenvalue weighted by Crippen LogP contribution is -2.38. The molecule has 0 fully saturated rings. The van der Waals surface area contributed by atoms with Crippen molar-refractivity contribution in [3.8, 4) is 0 Å². The van der Waals surface area contributed by atoms with Crippen molar-refractivity contribution in [1.82, 2.24) is 4.31 Å². The van der Waals surface area contributed by atoms with Gasteiger partial charge in [-0.05, 0) is 11.4 Å². The molecule has 0 aromatic carbocycles.